The predicted molar refractivity (Wildman–Crippen MR) is 142 cm³/mol. The summed E-state index contributed by atoms with van der Waals surface area (Å²) in [4.78, 5) is 47.2. The Bertz CT molecular complexity index is 1220. The number of nitrogens with zero attached hydrogens (tertiary/aromatic N) is 2. The number of nitrogens with two attached hydrogens (primary N) is 1. The number of aliphatic hydroxyl groups excluding tert-OH is 1. The Labute approximate surface area is 216 Å². The average Bonchev–Trinajstić information content (AvgIpc) is 2.86. The minimum Gasteiger partial charge on any atom is -0.394 e. The van der Waals surface area contributed by atoms with Crippen molar-refractivity contribution in [2.75, 3.05) is 25.0 Å². The van der Waals surface area contributed by atoms with Crippen LogP contribution in [-0.4, -0.2) is 69.8 Å². The topological polar surface area (TPSA) is 177 Å². The fourth-order valence-corrected chi connectivity index (χ4v) is 4.57. The minimum absolute atomic E-state index is 0.00404. The van der Waals surface area contributed by atoms with Crippen molar-refractivity contribution in [2.45, 2.75) is 65.1 Å². The molecule has 1 atom stereocenters. The molecule has 1 aliphatic heterocycles. The maximum absolute atomic E-state index is 13.3. The van der Waals surface area contributed by atoms with Crippen molar-refractivity contribution in [1.82, 2.24) is 20.2 Å². The summed E-state index contributed by atoms with van der Waals surface area (Å²) < 4.78 is 0. The van der Waals surface area contributed by atoms with Crippen LogP contribution in [0.3, 0.4) is 0 Å². The lowest BCUT2D eigenvalue weighted by atomic mass is 9.91. The summed E-state index contributed by atoms with van der Waals surface area (Å²) in [6, 6.07) is 2.65. The Balaban J connectivity index is 1.88. The molecule has 1 fully saturated rings. The number of aliphatic hydroxyl groups is 1. The second kappa shape index (κ2) is 12.1. The Morgan fingerprint density at radius 2 is 1.97 bits per heavy atom. The van der Waals surface area contributed by atoms with Gasteiger partial charge in [0.2, 0.25) is 5.91 Å². The Kier molecular flexibility index (Phi) is 9.17. The van der Waals surface area contributed by atoms with Gasteiger partial charge in [-0.1, -0.05) is 0 Å². The van der Waals surface area contributed by atoms with Crippen molar-refractivity contribution >= 4 is 23.8 Å². The molecule has 0 radical (unpaired) electrons. The zero-order valence-corrected chi connectivity index (χ0v) is 21.9. The Hall–Kier alpha value is -3.57. The molecule has 0 aromatic carbocycles. The van der Waals surface area contributed by atoms with Crippen LogP contribution in [0.15, 0.2) is 16.9 Å². The summed E-state index contributed by atoms with van der Waals surface area (Å²) in [5, 5.41) is 23.3. The van der Waals surface area contributed by atoms with Gasteiger partial charge in [0.1, 0.15) is 11.9 Å². The Morgan fingerprint density at radius 3 is 2.54 bits per heavy atom. The first-order chi connectivity index (χ1) is 17.5. The summed E-state index contributed by atoms with van der Waals surface area (Å²) in [5.74, 6) is -0.250. The van der Waals surface area contributed by atoms with Crippen LogP contribution in [0.1, 0.15) is 71.0 Å². The van der Waals surface area contributed by atoms with Gasteiger partial charge in [0.25, 0.3) is 11.5 Å². The second-order valence-corrected chi connectivity index (χ2v) is 9.81. The molecular formula is C26H37N7O4. The summed E-state index contributed by atoms with van der Waals surface area (Å²) in [6.45, 7) is 8.11. The number of rotatable bonds is 9. The van der Waals surface area contributed by atoms with Gasteiger partial charge >= 0.3 is 0 Å². The monoisotopic (exact) mass is 511 g/mol. The van der Waals surface area contributed by atoms with E-state index in [1.807, 2.05) is 26.8 Å². The molecule has 2 aromatic rings. The number of carbonyl (C=O) groups is 2. The Morgan fingerprint density at radius 1 is 1.30 bits per heavy atom. The van der Waals surface area contributed by atoms with Crippen LogP contribution in [0.2, 0.25) is 0 Å². The third-order valence-corrected chi connectivity index (χ3v) is 6.55. The van der Waals surface area contributed by atoms with Gasteiger partial charge in [-0.15, -0.1) is 0 Å². The third-order valence-electron chi connectivity index (χ3n) is 6.55. The normalized spacial score (nSPS) is 14.9. The number of anilines is 1. The molecule has 1 unspecified atom stereocenters. The molecule has 0 saturated carbocycles. The molecule has 1 aliphatic rings. The molecule has 37 heavy (non-hydrogen) atoms. The van der Waals surface area contributed by atoms with Crippen molar-refractivity contribution in [2.24, 2.45) is 5.73 Å². The maximum Gasteiger partial charge on any atom is 0.253 e. The number of likely N-dealkylation sites (tertiary alicyclic amines) is 1. The maximum atomic E-state index is 13.3. The third kappa shape index (κ3) is 6.60. The van der Waals surface area contributed by atoms with Crippen molar-refractivity contribution in [1.29, 1.82) is 5.41 Å². The van der Waals surface area contributed by atoms with Gasteiger partial charge in [0, 0.05) is 60.3 Å². The number of amides is 2. The highest BCUT2D eigenvalue weighted by atomic mass is 16.3. The lowest BCUT2D eigenvalue weighted by Gasteiger charge is -2.33. The van der Waals surface area contributed by atoms with E-state index in [0.29, 0.717) is 54.1 Å². The second-order valence-electron chi connectivity index (χ2n) is 9.81. The molecule has 3 rings (SSSR count). The lowest BCUT2D eigenvalue weighted by molar-refractivity contribution is -0.134. The highest BCUT2D eigenvalue weighted by Gasteiger charge is 2.29. The van der Waals surface area contributed by atoms with E-state index in [2.05, 4.69) is 15.6 Å². The molecule has 0 aliphatic carbocycles. The van der Waals surface area contributed by atoms with Crippen LogP contribution in [0, 0.1) is 19.3 Å². The van der Waals surface area contributed by atoms with Crippen molar-refractivity contribution in [3.63, 3.8) is 0 Å². The van der Waals surface area contributed by atoms with E-state index in [9.17, 15) is 19.5 Å². The number of aromatic nitrogens is 2. The number of piperidine rings is 1. The van der Waals surface area contributed by atoms with Crippen molar-refractivity contribution in [3.8, 4) is 0 Å². The lowest BCUT2D eigenvalue weighted by Crippen LogP contribution is -2.48. The van der Waals surface area contributed by atoms with Gasteiger partial charge < -0.3 is 36.8 Å². The van der Waals surface area contributed by atoms with E-state index in [1.54, 1.807) is 17.9 Å². The van der Waals surface area contributed by atoms with E-state index < -0.39 is 18.6 Å². The van der Waals surface area contributed by atoms with E-state index in [-0.39, 0.29) is 30.0 Å². The molecule has 0 spiro atoms. The van der Waals surface area contributed by atoms with Crippen LogP contribution < -0.4 is 21.9 Å². The van der Waals surface area contributed by atoms with E-state index in [4.69, 9.17) is 16.1 Å². The number of aromatic amines is 1. The zero-order valence-electron chi connectivity index (χ0n) is 21.9. The summed E-state index contributed by atoms with van der Waals surface area (Å²) in [5.41, 5.74) is 8.81. The first-order valence-electron chi connectivity index (χ1n) is 12.5. The number of aryl methyl sites for hydroxylation is 2. The zero-order chi connectivity index (χ0) is 27.3. The number of hydrogen-bond acceptors (Lipinski definition) is 8. The first-order valence-corrected chi connectivity index (χ1v) is 12.5. The molecule has 200 valence electrons. The summed E-state index contributed by atoms with van der Waals surface area (Å²) in [6.07, 6.45) is 2.36. The van der Waals surface area contributed by atoms with Gasteiger partial charge in [0.15, 0.2) is 0 Å². The number of carbonyl (C=O) groups excluding carboxylic acids is 2. The molecule has 0 bridgehead atoms. The van der Waals surface area contributed by atoms with Crippen LogP contribution in [0.4, 0.5) is 5.82 Å². The highest BCUT2D eigenvalue weighted by molar-refractivity contribution is 6.04. The van der Waals surface area contributed by atoms with Crippen molar-refractivity contribution < 1.29 is 14.7 Å². The highest BCUT2D eigenvalue weighted by Crippen LogP contribution is 2.30. The molecule has 11 heteroatoms. The molecule has 7 N–H and O–H groups in total. The molecule has 1 saturated heterocycles. The van der Waals surface area contributed by atoms with E-state index in [1.165, 1.54) is 0 Å². The largest absolute Gasteiger partial charge is 0.394 e. The summed E-state index contributed by atoms with van der Waals surface area (Å²) >= 11 is 0. The average molecular weight is 512 g/mol. The molecule has 3 heterocycles. The number of H-pyrrole nitrogens is 1. The predicted octanol–water partition coefficient (Wildman–Crippen LogP) is 1.16. The van der Waals surface area contributed by atoms with E-state index >= 15 is 0 Å². The quantitative estimate of drug-likeness (QED) is 0.274. The van der Waals surface area contributed by atoms with Gasteiger partial charge in [-0.3, -0.25) is 14.4 Å². The van der Waals surface area contributed by atoms with Crippen LogP contribution >= 0.6 is 0 Å². The number of pyridine rings is 2. The molecule has 2 aromatic heterocycles. The van der Waals surface area contributed by atoms with E-state index in [0.717, 1.165) is 17.5 Å². The fourth-order valence-electron chi connectivity index (χ4n) is 4.57. The van der Waals surface area contributed by atoms with Crippen LogP contribution in [0.5, 0.6) is 0 Å². The van der Waals surface area contributed by atoms with Crippen LogP contribution in [-0.2, 0) is 11.3 Å². The smallest absolute Gasteiger partial charge is 0.253 e. The van der Waals surface area contributed by atoms with Gasteiger partial charge in [-0.25, -0.2) is 4.98 Å². The first kappa shape index (κ1) is 28.0. The molecule has 2 amide bonds. The van der Waals surface area contributed by atoms with Gasteiger partial charge in [-0.2, -0.15) is 0 Å². The standard InChI is InChI=1S/C26H37N7O4/c1-14(2)30-23-19(11-27)18(24(35)29-12-20-15(3)9-16(4)31-25(20)36)10-22(32-23)17-5-7-33(8-6-17)26(37)21(28)13-34/h9-11,14,17,21,27,34H,5-8,12-13,28H2,1-4H3,(H,29,35)(H,30,32)(H,31,36). The number of nitrogens with one attached hydrogen (secondary N) is 4. The molecular weight excluding hydrogens is 474 g/mol. The van der Waals surface area contributed by atoms with Gasteiger partial charge in [0.05, 0.1) is 12.2 Å². The minimum atomic E-state index is -0.928. The molecule has 11 nitrogen and oxygen atoms in total. The van der Waals surface area contributed by atoms with Crippen LogP contribution in [0.25, 0.3) is 0 Å². The fraction of sp³-hybridized carbons (Fsp3) is 0.500. The summed E-state index contributed by atoms with van der Waals surface area (Å²) in [7, 11) is 0. The van der Waals surface area contributed by atoms with Crippen molar-refractivity contribution in [3.05, 3.63) is 56.1 Å². The SMILES string of the molecule is Cc1cc(C)c(CNC(=O)c2cc(C3CCN(C(=O)C(N)CO)CC3)nc(NC(C)C)c2C=N)c(=O)[nH]1. The van der Waals surface area contributed by atoms with Gasteiger partial charge in [-0.05, 0) is 58.2 Å². The number of hydrogen-bond donors (Lipinski definition) is 6.